The van der Waals surface area contributed by atoms with Crippen LogP contribution in [0.3, 0.4) is 0 Å². The molecule has 8 nitrogen and oxygen atoms in total. The van der Waals surface area contributed by atoms with Crippen LogP contribution in [0.5, 0.6) is 23.0 Å². The Morgan fingerprint density at radius 2 is 1.76 bits per heavy atom. The number of carboxylic acid groups (broad SMARTS) is 1. The first kappa shape index (κ1) is 20.5. The van der Waals surface area contributed by atoms with Crippen molar-refractivity contribution in [3.63, 3.8) is 0 Å². The number of amides is 1. The Balaban J connectivity index is 1.97. The zero-order chi connectivity index (χ0) is 21.3. The van der Waals surface area contributed by atoms with Crippen LogP contribution in [0.2, 0.25) is 0 Å². The number of thioether (sulfide) groups is 1. The monoisotopic (exact) mass is 433 g/mol. The normalized spacial score (nSPS) is 15.1. The number of hydrogen-bond acceptors (Lipinski definition) is 8. The molecule has 1 amide bonds. The standard InChI is InChI=1S/C19H15NO7S2/c1-26-13-5-9(6-14(27-2)16(13)22)7-15-17(23)20(19(28)29-15)10-3-4-11(18(24)25)12(21)8-10/h3-8,21-22H,1-2H3,(H,24,25). The fraction of sp³-hybridized carbons (Fsp3) is 0.105. The second-order valence-corrected chi connectivity index (χ2v) is 7.47. The van der Waals surface area contributed by atoms with Gasteiger partial charge < -0.3 is 24.8 Å². The number of anilines is 1. The number of methoxy groups -OCH3 is 2. The summed E-state index contributed by atoms with van der Waals surface area (Å²) in [4.78, 5) is 25.4. The number of hydrogen-bond donors (Lipinski definition) is 3. The van der Waals surface area contributed by atoms with E-state index < -0.39 is 17.6 Å². The molecule has 0 spiro atoms. The van der Waals surface area contributed by atoms with E-state index in [9.17, 15) is 19.8 Å². The Morgan fingerprint density at radius 3 is 2.28 bits per heavy atom. The Bertz CT molecular complexity index is 1040. The third-order valence-electron chi connectivity index (χ3n) is 4.06. The molecule has 3 N–H and O–H groups in total. The summed E-state index contributed by atoms with van der Waals surface area (Å²) in [6, 6.07) is 6.84. The molecule has 0 radical (unpaired) electrons. The van der Waals surface area contributed by atoms with Gasteiger partial charge in [0.05, 0.1) is 24.8 Å². The maximum absolute atomic E-state index is 12.9. The van der Waals surface area contributed by atoms with E-state index in [-0.39, 0.29) is 32.8 Å². The second-order valence-electron chi connectivity index (χ2n) is 5.80. The highest BCUT2D eigenvalue weighted by Gasteiger charge is 2.34. The van der Waals surface area contributed by atoms with Crippen molar-refractivity contribution >= 4 is 51.9 Å². The molecule has 10 heteroatoms. The average molecular weight is 433 g/mol. The predicted molar refractivity (Wildman–Crippen MR) is 112 cm³/mol. The van der Waals surface area contributed by atoms with Gasteiger partial charge in [0.2, 0.25) is 5.75 Å². The van der Waals surface area contributed by atoms with Crippen molar-refractivity contribution in [1.82, 2.24) is 0 Å². The summed E-state index contributed by atoms with van der Waals surface area (Å²) in [7, 11) is 2.79. The van der Waals surface area contributed by atoms with Crippen LogP contribution in [0.4, 0.5) is 5.69 Å². The van der Waals surface area contributed by atoms with E-state index in [0.717, 1.165) is 11.8 Å². The molecule has 2 aromatic carbocycles. The molecule has 0 bridgehead atoms. The molecule has 150 valence electrons. The first-order valence-electron chi connectivity index (χ1n) is 8.06. The molecule has 0 unspecified atom stereocenters. The van der Waals surface area contributed by atoms with Gasteiger partial charge in [-0.25, -0.2) is 4.79 Å². The lowest BCUT2D eigenvalue weighted by atomic mass is 10.1. The number of ether oxygens (including phenoxy) is 2. The fourth-order valence-electron chi connectivity index (χ4n) is 2.68. The number of nitrogens with zero attached hydrogens (tertiary/aromatic N) is 1. The van der Waals surface area contributed by atoms with Crippen LogP contribution < -0.4 is 14.4 Å². The van der Waals surface area contributed by atoms with Gasteiger partial charge in [0, 0.05) is 6.07 Å². The van der Waals surface area contributed by atoms with Crippen LogP contribution in [0.1, 0.15) is 15.9 Å². The van der Waals surface area contributed by atoms with Crippen molar-refractivity contribution in [3.8, 4) is 23.0 Å². The van der Waals surface area contributed by atoms with E-state index >= 15 is 0 Å². The first-order valence-corrected chi connectivity index (χ1v) is 9.28. The third kappa shape index (κ3) is 3.84. The molecule has 0 atom stereocenters. The summed E-state index contributed by atoms with van der Waals surface area (Å²) in [5.74, 6) is -1.99. The van der Waals surface area contributed by atoms with Crippen molar-refractivity contribution in [2.45, 2.75) is 0 Å². The van der Waals surface area contributed by atoms with Gasteiger partial charge in [-0.05, 0) is 35.9 Å². The smallest absolute Gasteiger partial charge is 0.339 e. The summed E-state index contributed by atoms with van der Waals surface area (Å²) < 4.78 is 10.4. The summed E-state index contributed by atoms with van der Waals surface area (Å²) in [6.45, 7) is 0. The van der Waals surface area contributed by atoms with E-state index in [2.05, 4.69) is 0 Å². The number of carbonyl (C=O) groups is 2. The van der Waals surface area contributed by atoms with Crippen molar-refractivity contribution in [3.05, 3.63) is 46.4 Å². The topological polar surface area (TPSA) is 117 Å². The Labute approximate surface area is 175 Å². The summed E-state index contributed by atoms with van der Waals surface area (Å²) in [5, 5.41) is 28.9. The third-order valence-corrected chi connectivity index (χ3v) is 5.37. The number of rotatable bonds is 5. The minimum absolute atomic E-state index is 0.159. The van der Waals surface area contributed by atoms with E-state index in [1.165, 1.54) is 49.5 Å². The molecule has 0 aromatic heterocycles. The molecular formula is C19H15NO7S2. The number of phenolic OH excluding ortho intramolecular Hbond substituents is 1. The van der Waals surface area contributed by atoms with E-state index in [1.54, 1.807) is 6.08 Å². The number of aromatic carboxylic acids is 1. The SMILES string of the molecule is COc1cc(C=C2SC(=S)N(c3ccc(C(=O)O)c(O)c3)C2=O)cc(OC)c1O. The molecule has 1 fully saturated rings. The number of carbonyl (C=O) groups excluding carboxylic acids is 1. The molecule has 2 aromatic rings. The summed E-state index contributed by atoms with van der Waals surface area (Å²) in [6.07, 6.45) is 1.56. The Kier molecular flexibility index (Phi) is 5.66. The highest BCUT2D eigenvalue weighted by Crippen LogP contribution is 2.41. The van der Waals surface area contributed by atoms with Crippen LogP contribution in [0.15, 0.2) is 35.2 Å². The van der Waals surface area contributed by atoms with E-state index in [1.807, 2.05) is 0 Å². The van der Waals surface area contributed by atoms with Crippen molar-refractivity contribution in [1.29, 1.82) is 0 Å². The van der Waals surface area contributed by atoms with Gasteiger partial charge in [0.1, 0.15) is 11.3 Å². The lowest BCUT2D eigenvalue weighted by Crippen LogP contribution is -2.27. The highest BCUT2D eigenvalue weighted by molar-refractivity contribution is 8.27. The van der Waals surface area contributed by atoms with Gasteiger partial charge in [-0.2, -0.15) is 0 Å². The minimum atomic E-state index is -1.28. The summed E-state index contributed by atoms with van der Waals surface area (Å²) >= 11 is 6.32. The highest BCUT2D eigenvalue weighted by atomic mass is 32.2. The number of thiocarbonyl (C=S) groups is 1. The average Bonchev–Trinajstić information content (AvgIpc) is 2.95. The lowest BCUT2D eigenvalue weighted by molar-refractivity contribution is -0.113. The molecule has 1 aliphatic heterocycles. The molecule has 1 aliphatic rings. The number of phenols is 2. The fourth-order valence-corrected chi connectivity index (χ4v) is 3.98. The Hall–Kier alpha value is -3.24. The van der Waals surface area contributed by atoms with Crippen LogP contribution in [-0.4, -0.2) is 45.7 Å². The molecule has 29 heavy (non-hydrogen) atoms. The Morgan fingerprint density at radius 1 is 1.14 bits per heavy atom. The van der Waals surface area contributed by atoms with Crippen LogP contribution in [0, 0.1) is 0 Å². The van der Waals surface area contributed by atoms with Crippen molar-refractivity contribution in [2.75, 3.05) is 19.1 Å². The maximum atomic E-state index is 12.9. The van der Waals surface area contributed by atoms with Gasteiger partial charge in [-0.3, -0.25) is 9.69 Å². The molecule has 0 aliphatic carbocycles. The molecular weight excluding hydrogens is 418 g/mol. The lowest BCUT2D eigenvalue weighted by Gasteiger charge is -2.15. The zero-order valence-electron chi connectivity index (χ0n) is 15.2. The molecule has 3 rings (SSSR count). The number of aromatic hydroxyl groups is 2. The predicted octanol–water partition coefficient (Wildman–Crippen LogP) is 3.22. The quantitative estimate of drug-likeness (QED) is 0.483. The zero-order valence-corrected chi connectivity index (χ0v) is 16.8. The molecule has 0 saturated carbocycles. The van der Waals surface area contributed by atoms with E-state index in [0.29, 0.717) is 10.5 Å². The van der Waals surface area contributed by atoms with Gasteiger partial charge in [0.15, 0.2) is 15.8 Å². The van der Waals surface area contributed by atoms with Gasteiger partial charge in [-0.15, -0.1) is 0 Å². The number of benzene rings is 2. The summed E-state index contributed by atoms with van der Waals surface area (Å²) in [5.41, 5.74) is 0.512. The van der Waals surface area contributed by atoms with Crippen molar-refractivity contribution in [2.24, 2.45) is 0 Å². The largest absolute Gasteiger partial charge is 0.507 e. The van der Waals surface area contributed by atoms with Gasteiger partial charge in [0.25, 0.3) is 5.91 Å². The van der Waals surface area contributed by atoms with Gasteiger partial charge >= 0.3 is 5.97 Å². The second kappa shape index (κ2) is 8.02. The first-order chi connectivity index (χ1) is 13.8. The van der Waals surface area contributed by atoms with Crippen LogP contribution >= 0.6 is 24.0 Å². The van der Waals surface area contributed by atoms with Crippen LogP contribution in [0.25, 0.3) is 6.08 Å². The van der Waals surface area contributed by atoms with Crippen LogP contribution in [-0.2, 0) is 4.79 Å². The van der Waals surface area contributed by atoms with Gasteiger partial charge in [-0.1, -0.05) is 24.0 Å². The minimum Gasteiger partial charge on any atom is -0.507 e. The van der Waals surface area contributed by atoms with E-state index in [4.69, 9.17) is 26.8 Å². The molecule has 1 saturated heterocycles. The maximum Gasteiger partial charge on any atom is 0.339 e. The van der Waals surface area contributed by atoms with Crippen molar-refractivity contribution < 1.29 is 34.4 Å². The molecule has 1 heterocycles. The number of carboxylic acids is 1.